The largest absolute Gasteiger partial charge is 0.494 e. The van der Waals surface area contributed by atoms with E-state index in [1.807, 2.05) is 31.2 Å². The molecule has 5 aliphatic heterocycles. The Morgan fingerprint density at radius 2 is 1.86 bits per heavy atom. The Hall–Kier alpha value is -3.66. The van der Waals surface area contributed by atoms with Crippen molar-refractivity contribution >= 4 is 46.1 Å². The monoisotopic (exact) mass is 636 g/mol. The Morgan fingerprint density at radius 1 is 1.11 bits per heavy atom. The van der Waals surface area contributed by atoms with Crippen LogP contribution in [0, 0.1) is 12.3 Å². The maximum Gasteiger partial charge on any atom is 0.310 e. The number of methoxy groups -OCH3 is 1. The van der Waals surface area contributed by atoms with Gasteiger partial charge < -0.3 is 19.5 Å². The molecule has 6 heterocycles. The highest BCUT2D eigenvalue weighted by atomic mass is 35.5. The average Bonchev–Trinajstić information content (AvgIpc) is 3.41. The minimum atomic E-state index is -1.20. The van der Waals surface area contributed by atoms with Crippen LogP contribution in [0.3, 0.4) is 0 Å². The number of aliphatic carboxylic acids is 1. The van der Waals surface area contributed by atoms with Crippen molar-refractivity contribution in [2.75, 3.05) is 20.3 Å². The molecule has 1 N–H and O–H groups in total. The standard InChI is InChI=1S/C33H34Cl2N4O5/c1-18-23-15-26(43-4)30-29(18)36-37-39(30)9-5-11-44-17-19-12-24(34)27(25(35)13-19)31(40)38-10-8-20-6-7-21(14-22(20)16-38)28(23)33(2,3)32(41)42/h6-7,12-15,28H,5,8-11,16-17H2,1-4H3,(H,41,42). The van der Waals surface area contributed by atoms with Crippen molar-refractivity contribution < 1.29 is 24.2 Å². The molecule has 0 fully saturated rings. The van der Waals surface area contributed by atoms with Crippen LogP contribution in [-0.4, -0.2) is 57.1 Å². The molecule has 1 atom stereocenters. The summed E-state index contributed by atoms with van der Waals surface area (Å²) in [5, 5.41) is 20.0. The van der Waals surface area contributed by atoms with Gasteiger partial charge in [0.2, 0.25) is 0 Å². The first-order valence-electron chi connectivity index (χ1n) is 14.6. The molecule has 0 radical (unpaired) electrons. The quantitative estimate of drug-likeness (QED) is 0.277. The fraction of sp³-hybridized carbons (Fsp3) is 0.394. The van der Waals surface area contributed by atoms with E-state index >= 15 is 0 Å². The first-order chi connectivity index (χ1) is 21.0. The molecule has 0 saturated carbocycles. The highest BCUT2D eigenvalue weighted by Gasteiger charge is 2.41. The molecule has 44 heavy (non-hydrogen) atoms. The van der Waals surface area contributed by atoms with Gasteiger partial charge in [-0.25, -0.2) is 4.68 Å². The normalized spacial score (nSPS) is 17.5. The number of benzene rings is 3. The molecule has 4 aromatic rings. The fourth-order valence-corrected chi connectivity index (χ4v) is 7.19. The number of nitrogens with zero attached hydrogens (tertiary/aromatic N) is 4. The van der Waals surface area contributed by atoms with Crippen molar-refractivity contribution in [2.45, 2.75) is 59.2 Å². The van der Waals surface area contributed by atoms with Gasteiger partial charge in [0.25, 0.3) is 5.91 Å². The molecule has 9 rings (SSSR count). The number of carboxylic acids is 1. The first-order valence-corrected chi connectivity index (χ1v) is 15.4. The lowest BCUT2D eigenvalue weighted by molar-refractivity contribution is -0.147. The lowest BCUT2D eigenvalue weighted by Gasteiger charge is -2.35. The van der Waals surface area contributed by atoms with Crippen LogP contribution in [0.1, 0.15) is 69.9 Å². The van der Waals surface area contributed by atoms with E-state index < -0.39 is 17.3 Å². The number of carboxylic acid groups (broad SMARTS) is 1. The van der Waals surface area contributed by atoms with E-state index in [1.165, 1.54) is 0 Å². The predicted molar refractivity (Wildman–Crippen MR) is 168 cm³/mol. The van der Waals surface area contributed by atoms with Gasteiger partial charge in [-0.05, 0) is 85.2 Å². The molecule has 1 amide bonds. The summed E-state index contributed by atoms with van der Waals surface area (Å²) < 4.78 is 13.6. The summed E-state index contributed by atoms with van der Waals surface area (Å²) in [4.78, 5) is 28.3. The van der Waals surface area contributed by atoms with Gasteiger partial charge in [-0.3, -0.25) is 9.59 Å². The van der Waals surface area contributed by atoms with E-state index in [0.717, 1.165) is 38.9 Å². The van der Waals surface area contributed by atoms with Crippen molar-refractivity contribution in [3.05, 3.63) is 85.4 Å². The number of rotatable bonds is 3. The van der Waals surface area contributed by atoms with Gasteiger partial charge in [-0.1, -0.05) is 46.6 Å². The molecular weight excluding hydrogens is 603 g/mol. The van der Waals surface area contributed by atoms with E-state index in [4.69, 9.17) is 32.7 Å². The summed E-state index contributed by atoms with van der Waals surface area (Å²) in [6.45, 7) is 7.54. The van der Waals surface area contributed by atoms with Gasteiger partial charge in [0.15, 0.2) is 0 Å². The maximum absolute atomic E-state index is 13.8. The van der Waals surface area contributed by atoms with Gasteiger partial charge in [-0.2, -0.15) is 0 Å². The van der Waals surface area contributed by atoms with Crippen LogP contribution < -0.4 is 4.74 Å². The predicted octanol–water partition coefficient (Wildman–Crippen LogP) is 6.42. The summed E-state index contributed by atoms with van der Waals surface area (Å²) in [7, 11) is 1.60. The molecule has 1 unspecified atom stereocenters. The maximum atomic E-state index is 13.8. The Bertz CT molecular complexity index is 1780. The molecule has 9 nitrogen and oxygen atoms in total. The second kappa shape index (κ2) is 11.7. The highest BCUT2D eigenvalue weighted by Crippen LogP contribution is 2.46. The van der Waals surface area contributed by atoms with E-state index in [-0.39, 0.29) is 21.5 Å². The summed E-state index contributed by atoms with van der Waals surface area (Å²) in [5.74, 6) is -1.16. The summed E-state index contributed by atoms with van der Waals surface area (Å²) >= 11 is 13.2. The molecule has 11 heteroatoms. The number of carbonyl (C=O) groups excluding carboxylic acids is 1. The Labute approximate surface area is 265 Å². The lowest BCUT2D eigenvalue weighted by atomic mass is 9.69. The zero-order chi connectivity index (χ0) is 31.3. The number of carbonyl (C=O) groups is 2. The van der Waals surface area contributed by atoms with Crippen molar-refractivity contribution in [2.24, 2.45) is 5.41 Å². The number of hydrogen-bond acceptors (Lipinski definition) is 6. The second-order valence-corrected chi connectivity index (χ2v) is 12.9. The van der Waals surface area contributed by atoms with Crippen LogP contribution >= 0.6 is 23.2 Å². The van der Waals surface area contributed by atoms with Crippen LogP contribution in [0.15, 0.2) is 36.4 Å². The number of halogens is 2. The van der Waals surface area contributed by atoms with E-state index in [9.17, 15) is 14.7 Å². The molecule has 1 aromatic heterocycles. The molecule has 230 valence electrons. The summed E-state index contributed by atoms with van der Waals surface area (Å²) in [6, 6.07) is 11.5. The van der Waals surface area contributed by atoms with Crippen LogP contribution in [0.25, 0.3) is 11.0 Å². The number of aromatic nitrogens is 3. The average molecular weight is 638 g/mol. The van der Waals surface area contributed by atoms with Crippen molar-refractivity contribution in [3.8, 4) is 5.75 Å². The number of ether oxygens (including phenoxy) is 2. The van der Waals surface area contributed by atoms with Gasteiger partial charge >= 0.3 is 5.97 Å². The van der Waals surface area contributed by atoms with Crippen LogP contribution in [0.2, 0.25) is 10.0 Å². The van der Waals surface area contributed by atoms with Gasteiger partial charge in [-0.15, -0.1) is 5.10 Å². The summed E-state index contributed by atoms with van der Waals surface area (Å²) in [6.07, 6.45) is 1.30. The van der Waals surface area contributed by atoms with Crippen molar-refractivity contribution in [1.82, 2.24) is 19.9 Å². The number of amides is 1. The minimum Gasteiger partial charge on any atom is -0.494 e. The van der Waals surface area contributed by atoms with E-state index in [0.29, 0.717) is 57.0 Å². The van der Waals surface area contributed by atoms with Crippen LogP contribution in [0.4, 0.5) is 0 Å². The third kappa shape index (κ3) is 5.21. The first kappa shape index (κ1) is 30.4. The van der Waals surface area contributed by atoms with Crippen LogP contribution in [-0.2, 0) is 35.6 Å². The van der Waals surface area contributed by atoms with E-state index in [2.05, 4.69) is 10.3 Å². The van der Waals surface area contributed by atoms with Crippen molar-refractivity contribution in [3.63, 3.8) is 0 Å². The third-order valence-corrected chi connectivity index (χ3v) is 9.55. The zero-order valence-corrected chi connectivity index (χ0v) is 26.6. The molecule has 5 aliphatic rings. The smallest absolute Gasteiger partial charge is 0.310 e. The molecule has 0 saturated heterocycles. The van der Waals surface area contributed by atoms with Gasteiger partial charge in [0.05, 0.1) is 34.7 Å². The van der Waals surface area contributed by atoms with Crippen molar-refractivity contribution in [1.29, 1.82) is 0 Å². The number of hydrogen-bond donors (Lipinski definition) is 1. The molecule has 9 bridgehead atoms. The lowest BCUT2D eigenvalue weighted by Crippen LogP contribution is -2.37. The topological polar surface area (TPSA) is 107 Å². The highest BCUT2D eigenvalue weighted by molar-refractivity contribution is 6.39. The Balaban J connectivity index is 1.54. The molecular formula is C33H34Cl2N4O5. The Kier molecular flexibility index (Phi) is 8.07. The second-order valence-electron chi connectivity index (χ2n) is 12.1. The zero-order valence-electron chi connectivity index (χ0n) is 25.1. The molecule has 0 spiro atoms. The molecule has 0 aliphatic carbocycles. The van der Waals surface area contributed by atoms with Crippen LogP contribution in [0.5, 0.6) is 5.75 Å². The third-order valence-electron chi connectivity index (χ3n) is 8.95. The Morgan fingerprint density at radius 3 is 2.57 bits per heavy atom. The minimum absolute atomic E-state index is 0.245. The SMILES string of the molecule is COc1cc2c(C)c3nnn(c13)CCCOCc1cc(Cl)c(c(Cl)c1)C(=O)N1CCc3ccc(cc3C1)C2C(C)(C)C(=O)O. The van der Waals surface area contributed by atoms with E-state index in [1.54, 1.807) is 42.7 Å². The van der Waals surface area contributed by atoms with Gasteiger partial charge in [0.1, 0.15) is 16.8 Å². The fourth-order valence-electron chi connectivity index (χ4n) is 6.49. The van der Waals surface area contributed by atoms with Gasteiger partial charge in [0, 0.05) is 32.2 Å². The number of aryl methyl sites for hydroxylation is 2. The summed E-state index contributed by atoms with van der Waals surface area (Å²) in [5.41, 5.74) is 5.78. The molecule has 3 aromatic carbocycles.